The van der Waals surface area contributed by atoms with Gasteiger partial charge in [0, 0.05) is 32.2 Å². The summed E-state index contributed by atoms with van der Waals surface area (Å²) in [5, 5.41) is 4.65. The van der Waals surface area contributed by atoms with E-state index in [1.54, 1.807) is 11.3 Å². The zero-order valence-electron chi connectivity index (χ0n) is 16.5. The molecule has 0 radical (unpaired) electrons. The summed E-state index contributed by atoms with van der Waals surface area (Å²) >= 11 is 1.72. The number of piperazine rings is 1. The fourth-order valence-electron chi connectivity index (χ4n) is 3.78. The molecule has 3 aromatic rings. The number of nitrogens with one attached hydrogen (secondary N) is 1. The average Bonchev–Trinajstić information content (AvgIpc) is 3.15. The van der Waals surface area contributed by atoms with E-state index in [2.05, 4.69) is 59.6 Å². The molecule has 2 heterocycles. The van der Waals surface area contributed by atoms with Crippen LogP contribution in [0.4, 0.5) is 0 Å². The van der Waals surface area contributed by atoms with E-state index >= 15 is 0 Å². The van der Waals surface area contributed by atoms with Gasteiger partial charge in [-0.1, -0.05) is 24.3 Å². The van der Waals surface area contributed by atoms with Gasteiger partial charge < -0.3 is 15.8 Å². The minimum atomic E-state index is -0.0594. The molecule has 1 fully saturated rings. The van der Waals surface area contributed by atoms with Crippen molar-refractivity contribution in [1.29, 1.82) is 0 Å². The van der Waals surface area contributed by atoms with Crippen LogP contribution in [-0.2, 0) is 0 Å². The van der Waals surface area contributed by atoms with Crippen molar-refractivity contribution in [3.05, 3.63) is 58.6 Å². The number of rotatable bonds is 6. The van der Waals surface area contributed by atoms with Crippen molar-refractivity contribution in [3.63, 3.8) is 0 Å². The number of hydrogen-bond acceptors (Lipinski definition) is 6. The van der Waals surface area contributed by atoms with Gasteiger partial charge in [-0.05, 0) is 43.2 Å². The molecule has 1 aliphatic rings. The first kappa shape index (κ1) is 19.3. The first-order valence-electron chi connectivity index (χ1n) is 9.94. The van der Waals surface area contributed by atoms with E-state index in [4.69, 9.17) is 15.5 Å². The second kappa shape index (κ2) is 8.57. The quantitative estimate of drug-likeness (QED) is 0.666. The summed E-state index contributed by atoms with van der Waals surface area (Å²) in [6, 6.07) is 15.0. The summed E-state index contributed by atoms with van der Waals surface area (Å²) in [5.74, 6) is 0.923. The molecule has 4 rings (SSSR count). The van der Waals surface area contributed by atoms with Crippen LogP contribution in [0.25, 0.3) is 10.2 Å². The number of hydrogen-bond donors (Lipinski definition) is 2. The zero-order chi connectivity index (χ0) is 19.5. The highest BCUT2D eigenvalue weighted by molar-refractivity contribution is 7.18. The van der Waals surface area contributed by atoms with E-state index in [1.807, 2.05) is 6.92 Å². The lowest BCUT2D eigenvalue weighted by Crippen LogP contribution is -2.47. The van der Waals surface area contributed by atoms with Gasteiger partial charge in [-0.15, -0.1) is 11.3 Å². The van der Waals surface area contributed by atoms with Crippen molar-refractivity contribution in [3.8, 4) is 5.75 Å². The Morgan fingerprint density at radius 2 is 2.11 bits per heavy atom. The minimum absolute atomic E-state index is 0.0594. The Balaban J connectivity index is 1.42. The summed E-state index contributed by atoms with van der Waals surface area (Å²) in [5.41, 5.74) is 10.1. The van der Waals surface area contributed by atoms with Gasteiger partial charge >= 0.3 is 0 Å². The number of aryl methyl sites for hydroxylation is 1. The number of ether oxygens (including phenoxy) is 1. The molecule has 28 heavy (non-hydrogen) atoms. The van der Waals surface area contributed by atoms with Gasteiger partial charge in [-0.25, -0.2) is 4.98 Å². The van der Waals surface area contributed by atoms with E-state index < -0.39 is 0 Å². The highest BCUT2D eigenvalue weighted by atomic mass is 32.1. The molecule has 0 bridgehead atoms. The van der Waals surface area contributed by atoms with Crippen LogP contribution in [0.2, 0.25) is 0 Å². The van der Waals surface area contributed by atoms with Crippen molar-refractivity contribution in [2.24, 2.45) is 5.73 Å². The molecule has 5 nitrogen and oxygen atoms in total. The Morgan fingerprint density at radius 3 is 2.86 bits per heavy atom. The molecular weight excluding hydrogens is 368 g/mol. The number of aromatic nitrogens is 1. The van der Waals surface area contributed by atoms with E-state index in [0.717, 1.165) is 42.5 Å². The molecule has 2 aromatic carbocycles. The summed E-state index contributed by atoms with van der Waals surface area (Å²) in [7, 11) is 0. The smallest absolute Gasteiger partial charge is 0.119 e. The maximum absolute atomic E-state index is 6.55. The van der Waals surface area contributed by atoms with Gasteiger partial charge in [0.15, 0.2) is 0 Å². The summed E-state index contributed by atoms with van der Waals surface area (Å²) in [4.78, 5) is 7.26. The monoisotopic (exact) mass is 396 g/mol. The van der Waals surface area contributed by atoms with E-state index in [-0.39, 0.29) is 6.04 Å². The molecule has 3 N–H and O–H groups in total. The largest absolute Gasteiger partial charge is 0.494 e. The van der Waals surface area contributed by atoms with Crippen LogP contribution >= 0.6 is 11.3 Å². The number of benzene rings is 2. The van der Waals surface area contributed by atoms with Crippen LogP contribution in [0.3, 0.4) is 0 Å². The van der Waals surface area contributed by atoms with Crippen LogP contribution in [0.15, 0.2) is 42.5 Å². The fourth-order valence-corrected chi connectivity index (χ4v) is 4.82. The van der Waals surface area contributed by atoms with Crippen LogP contribution < -0.4 is 15.8 Å². The zero-order valence-corrected chi connectivity index (χ0v) is 17.3. The first-order valence-corrected chi connectivity index (χ1v) is 10.8. The Hall–Kier alpha value is -1.99. The van der Waals surface area contributed by atoms with Crippen molar-refractivity contribution < 1.29 is 4.74 Å². The predicted molar refractivity (Wildman–Crippen MR) is 116 cm³/mol. The Morgan fingerprint density at radius 1 is 1.29 bits per heavy atom. The minimum Gasteiger partial charge on any atom is -0.494 e. The van der Waals surface area contributed by atoms with Gasteiger partial charge in [0.1, 0.15) is 10.8 Å². The van der Waals surface area contributed by atoms with E-state index in [9.17, 15) is 0 Å². The average molecular weight is 397 g/mol. The summed E-state index contributed by atoms with van der Waals surface area (Å²) in [6.07, 6.45) is 0. The standard InChI is InChI=1S/C22H28N4OS/c1-3-27-17-9-7-16(8-10-17)19-14-26(12-11-24-19)13-18(23)22-25-21-15(2)5-4-6-20(21)28-22/h4-10,18-19,24H,3,11-14,23H2,1-2H3. The molecule has 0 aliphatic carbocycles. The second-order valence-corrected chi connectivity index (χ2v) is 8.41. The van der Waals surface area contributed by atoms with Crippen LogP contribution in [-0.4, -0.2) is 42.7 Å². The molecule has 0 amide bonds. The Bertz CT molecular complexity index is 924. The highest BCUT2D eigenvalue weighted by Gasteiger charge is 2.24. The van der Waals surface area contributed by atoms with Crippen LogP contribution in [0.1, 0.15) is 35.1 Å². The van der Waals surface area contributed by atoms with Crippen LogP contribution in [0, 0.1) is 6.92 Å². The lowest BCUT2D eigenvalue weighted by molar-refractivity contribution is 0.190. The van der Waals surface area contributed by atoms with Crippen molar-refractivity contribution in [1.82, 2.24) is 15.2 Å². The molecule has 6 heteroatoms. The first-order chi connectivity index (χ1) is 13.6. The molecule has 1 aliphatic heterocycles. The molecule has 0 saturated carbocycles. The third-order valence-corrected chi connectivity index (χ3v) is 6.41. The van der Waals surface area contributed by atoms with Crippen molar-refractivity contribution in [2.75, 3.05) is 32.8 Å². The third kappa shape index (κ3) is 4.20. The van der Waals surface area contributed by atoms with Crippen molar-refractivity contribution >= 4 is 21.6 Å². The van der Waals surface area contributed by atoms with E-state index in [1.165, 1.54) is 15.8 Å². The molecule has 2 atom stereocenters. The SMILES string of the molecule is CCOc1ccc(C2CN(CC(N)c3nc4c(C)cccc4s3)CCN2)cc1. The van der Waals surface area contributed by atoms with Gasteiger partial charge in [0.05, 0.1) is 22.9 Å². The molecule has 148 valence electrons. The predicted octanol–water partition coefficient (Wildman–Crippen LogP) is 3.65. The Labute approximate surface area is 170 Å². The van der Waals surface area contributed by atoms with Crippen molar-refractivity contribution in [2.45, 2.75) is 25.9 Å². The molecule has 1 saturated heterocycles. The normalized spacial score (nSPS) is 19.0. The molecular formula is C22H28N4OS. The number of thiazole rings is 1. The number of para-hydroxylation sites is 1. The fraction of sp³-hybridized carbons (Fsp3) is 0.409. The van der Waals surface area contributed by atoms with Gasteiger partial charge in [0.25, 0.3) is 0 Å². The van der Waals surface area contributed by atoms with Crippen LogP contribution in [0.5, 0.6) is 5.75 Å². The summed E-state index contributed by atoms with van der Waals surface area (Å²) in [6.45, 7) is 8.55. The molecule has 0 spiro atoms. The maximum atomic E-state index is 6.55. The highest BCUT2D eigenvalue weighted by Crippen LogP contribution is 2.28. The topological polar surface area (TPSA) is 63.4 Å². The van der Waals surface area contributed by atoms with E-state index in [0.29, 0.717) is 12.6 Å². The lowest BCUT2D eigenvalue weighted by atomic mass is 10.0. The van der Waals surface area contributed by atoms with Gasteiger partial charge in [0.2, 0.25) is 0 Å². The number of nitrogens with two attached hydrogens (primary N) is 1. The molecule has 2 unspecified atom stereocenters. The second-order valence-electron chi connectivity index (χ2n) is 7.35. The third-order valence-electron chi connectivity index (χ3n) is 5.26. The summed E-state index contributed by atoms with van der Waals surface area (Å²) < 4.78 is 6.77. The molecule has 1 aromatic heterocycles. The number of fused-ring (bicyclic) bond motifs is 1. The lowest BCUT2D eigenvalue weighted by Gasteiger charge is -2.35. The van der Waals surface area contributed by atoms with Gasteiger partial charge in [-0.2, -0.15) is 0 Å². The maximum Gasteiger partial charge on any atom is 0.119 e. The number of nitrogens with zero attached hydrogens (tertiary/aromatic N) is 2. The van der Waals surface area contributed by atoms with Gasteiger partial charge in [-0.3, -0.25) is 4.90 Å². The Kier molecular flexibility index (Phi) is 5.92.